The van der Waals surface area contributed by atoms with Crippen molar-refractivity contribution in [2.24, 2.45) is 0 Å². The third kappa shape index (κ3) is 114. The van der Waals surface area contributed by atoms with Crippen LogP contribution in [0.5, 0.6) is 11.5 Å². The zero-order valence-corrected chi connectivity index (χ0v) is 76.4. The number of benzene rings is 1. The van der Waals surface area contributed by atoms with E-state index in [2.05, 4.69) is 124 Å². The van der Waals surface area contributed by atoms with Crippen LogP contribution in [0.2, 0.25) is 0 Å². The summed E-state index contributed by atoms with van der Waals surface area (Å²) in [5, 5.41) is 0. The van der Waals surface area contributed by atoms with Gasteiger partial charge in [-0.15, -0.1) is 0 Å². The van der Waals surface area contributed by atoms with Gasteiger partial charge in [-0.25, -0.2) is 47.9 Å². The molecule has 0 N–H and O–H groups in total. The van der Waals surface area contributed by atoms with E-state index in [1.54, 1.807) is 0 Å². The Morgan fingerprint density at radius 2 is 0.336 bits per heavy atom. The fraction of sp³-hybridized carbons (Fsp3) is 0.449. The maximum Gasteiger partial charge on any atom is 0.335 e. The SMILES string of the molecule is C=CC(=O)CCCCCCCCCCC(=O)C=C.C=CC(=O)CCCOCCOCCCC(=O)C=C.C=CC(=O)COCCOCC(=O)C=C.C=CC(=O)OCCCCCCCCOC(=O)C=C.C=CC(=O)OCCCCOC(=O)C=C.C=CC(=O)OCCOCCOC(=O)C=C.C=CC(=O)OCCOCCOCCOC(=O)C=C.C=CC(=O)Oc1ccc(OC(=O)C=C)cc1. The van der Waals surface area contributed by atoms with Gasteiger partial charge in [0.25, 0.3) is 0 Å². The minimum atomic E-state index is -0.546. The van der Waals surface area contributed by atoms with Gasteiger partial charge in [0.2, 0.25) is 0 Å². The standard InChI is InChI=1S/C16H26O2.2C14H22O4.C12H18O6.C12H10O4.C10H14O5.2C10H14O4/c1-3-15(17)13-11-9-7-5-6-8-10-12-14-16(18)4-2;1-3-13(15)7-5-9-17-11-12-18-10-6-8-14(16)4-2;1-3-13(15)17-11-9-7-5-6-8-10-12-18-14(16)4-2;1-3-11(13)17-9-7-15-5-6-16-8-10-18-12(14)4-2;1-3-11(13)15-9-5-7-10(8-6-9)16-12(14)4-2;1-3-9(11)14-7-5-13-6-8-15-10(12)4-2;1-3-9(11)7-13-5-6-14-8-10(12)4-2;1-3-9(11)13-7-5-6-8-14-10(12)4-2/h3-4H,1-2,5-14H2;2*3-4H,1-2,5-12H2;3-4H,1-2,5-10H2;3-8H,1-2H2;3-4H,1-2,5-8H2;2*3-4H,1-2,5-8H2. The van der Waals surface area contributed by atoms with Gasteiger partial charge in [-0.1, -0.05) is 169 Å². The Hall–Kier alpha value is -12.5. The van der Waals surface area contributed by atoms with Gasteiger partial charge in [-0.05, 0) is 112 Å². The zero-order valence-electron chi connectivity index (χ0n) is 76.4. The predicted octanol–water partition coefficient (Wildman–Crippen LogP) is 13.8. The van der Waals surface area contributed by atoms with Crippen molar-refractivity contribution in [1.29, 1.82) is 0 Å². The van der Waals surface area contributed by atoms with E-state index in [1.807, 2.05) is 0 Å². The maximum atomic E-state index is 10.9. The molecular weight excluding hydrogens is 1710 g/mol. The molecule has 0 unspecified atom stereocenters. The van der Waals surface area contributed by atoms with E-state index < -0.39 is 47.8 Å². The number of carbonyl (C=O) groups excluding carboxylic acids is 16. The van der Waals surface area contributed by atoms with E-state index in [0.717, 1.165) is 113 Å². The largest absolute Gasteiger partial charge is 0.463 e. The molecular formula is C98H140O33. The number of ketones is 6. The van der Waals surface area contributed by atoms with Crippen LogP contribution >= 0.6 is 0 Å². The summed E-state index contributed by atoms with van der Waals surface area (Å²) in [4.78, 5) is 172. The van der Waals surface area contributed by atoms with E-state index in [0.29, 0.717) is 142 Å². The Balaban J connectivity index is -0.000000269. The number of ether oxygens (including phenoxy) is 17. The highest BCUT2D eigenvalue weighted by molar-refractivity contribution is 5.92. The second kappa shape index (κ2) is 106. The van der Waals surface area contributed by atoms with Crippen LogP contribution in [0.1, 0.15) is 141 Å². The maximum absolute atomic E-state index is 10.9. The summed E-state index contributed by atoms with van der Waals surface area (Å²) in [7, 11) is 0. The minimum absolute atomic E-state index is 0.00225. The fourth-order valence-corrected chi connectivity index (χ4v) is 8.07. The third-order valence-electron chi connectivity index (χ3n) is 14.9. The fourth-order valence-electron chi connectivity index (χ4n) is 8.07. The number of unbranched alkanes of at least 4 members (excludes halogenated alkanes) is 13. The summed E-state index contributed by atoms with van der Waals surface area (Å²) in [6.45, 7) is 59.8. The summed E-state index contributed by atoms with van der Waals surface area (Å²) in [5.74, 6) is -3.87. The van der Waals surface area contributed by atoms with Gasteiger partial charge in [-0.2, -0.15) is 0 Å². The lowest BCUT2D eigenvalue weighted by molar-refractivity contribution is -0.141. The van der Waals surface area contributed by atoms with Crippen molar-refractivity contribution in [3.8, 4) is 11.5 Å². The highest BCUT2D eigenvalue weighted by atomic mass is 16.6. The van der Waals surface area contributed by atoms with Crippen LogP contribution in [0.15, 0.2) is 227 Å². The molecule has 0 aliphatic heterocycles. The molecule has 730 valence electrons. The van der Waals surface area contributed by atoms with Crippen molar-refractivity contribution in [2.45, 2.75) is 141 Å². The summed E-state index contributed by atoms with van der Waals surface area (Å²) < 4.78 is 83.1. The van der Waals surface area contributed by atoms with Crippen LogP contribution in [0, 0.1) is 0 Å². The Labute approximate surface area is 773 Å². The molecule has 33 nitrogen and oxygen atoms in total. The Bertz CT molecular complexity index is 3030. The molecule has 33 heteroatoms. The van der Waals surface area contributed by atoms with Gasteiger partial charge < -0.3 is 80.5 Å². The molecule has 0 bridgehead atoms. The number of hydrogen-bond acceptors (Lipinski definition) is 33. The van der Waals surface area contributed by atoms with E-state index in [-0.39, 0.29) is 113 Å². The summed E-state index contributed by atoms with van der Waals surface area (Å²) in [5.41, 5.74) is 0. The Morgan fingerprint density at radius 3 is 0.550 bits per heavy atom. The molecule has 0 saturated carbocycles. The van der Waals surface area contributed by atoms with Crippen molar-refractivity contribution >= 4 is 94.4 Å². The quantitative estimate of drug-likeness (QED) is 0.0192. The Morgan fingerprint density at radius 1 is 0.168 bits per heavy atom. The molecule has 0 saturated heterocycles. The molecule has 131 heavy (non-hydrogen) atoms. The summed E-state index contributed by atoms with van der Waals surface area (Å²) in [6.07, 6.45) is 39.0. The second-order valence-electron chi connectivity index (χ2n) is 25.2. The molecule has 0 heterocycles. The van der Waals surface area contributed by atoms with E-state index in [4.69, 9.17) is 61.6 Å². The van der Waals surface area contributed by atoms with Gasteiger partial charge in [0.1, 0.15) is 51.1 Å². The van der Waals surface area contributed by atoms with Gasteiger partial charge in [-0.3, -0.25) is 28.8 Å². The molecule has 0 atom stereocenters. The van der Waals surface area contributed by atoms with Crippen LogP contribution in [-0.4, -0.2) is 240 Å². The summed E-state index contributed by atoms with van der Waals surface area (Å²) in [6, 6.07) is 6.03. The number of rotatable bonds is 76. The third-order valence-corrected chi connectivity index (χ3v) is 14.9. The highest BCUT2D eigenvalue weighted by Gasteiger charge is 2.08. The normalized spacial score (nSPS) is 9.47. The summed E-state index contributed by atoms with van der Waals surface area (Å²) >= 11 is 0. The smallest absolute Gasteiger partial charge is 0.335 e. The lowest BCUT2D eigenvalue weighted by Crippen LogP contribution is -2.13. The molecule has 0 aliphatic carbocycles. The minimum Gasteiger partial charge on any atom is -0.463 e. The average molecular weight is 1850 g/mol. The lowest BCUT2D eigenvalue weighted by Gasteiger charge is -2.06. The Kier molecular flexibility index (Phi) is 107. The first-order valence-corrected chi connectivity index (χ1v) is 42.2. The van der Waals surface area contributed by atoms with Crippen LogP contribution < -0.4 is 9.47 Å². The van der Waals surface area contributed by atoms with Crippen molar-refractivity contribution in [2.75, 3.05) is 145 Å². The van der Waals surface area contributed by atoms with Gasteiger partial charge >= 0.3 is 59.7 Å². The van der Waals surface area contributed by atoms with Gasteiger partial charge in [0.05, 0.1) is 92.5 Å². The molecule has 1 aromatic rings. The predicted molar refractivity (Wildman–Crippen MR) is 496 cm³/mol. The molecule has 0 fully saturated rings. The first kappa shape index (κ1) is 132. The zero-order chi connectivity index (χ0) is 99.7. The molecule has 0 spiro atoms. The molecule has 0 aliphatic rings. The number of allylic oxidation sites excluding steroid dienone is 4. The van der Waals surface area contributed by atoms with E-state index >= 15 is 0 Å². The van der Waals surface area contributed by atoms with Crippen molar-refractivity contribution < 1.29 is 157 Å². The molecule has 0 radical (unpaired) electrons. The van der Waals surface area contributed by atoms with Crippen LogP contribution in [0.25, 0.3) is 0 Å². The van der Waals surface area contributed by atoms with E-state index in [1.165, 1.54) is 98.6 Å². The number of hydrogen-bond donors (Lipinski definition) is 0. The highest BCUT2D eigenvalue weighted by Crippen LogP contribution is 2.18. The first-order valence-electron chi connectivity index (χ1n) is 42.2. The molecule has 1 aromatic carbocycles. The topological polar surface area (TPSA) is 430 Å². The lowest BCUT2D eigenvalue weighted by atomic mass is 10.0. The van der Waals surface area contributed by atoms with Crippen LogP contribution in [0.4, 0.5) is 0 Å². The second-order valence-corrected chi connectivity index (χ2v) is 25.2. The molecule has 0 amide bonds. The van der Waals surface area contributed by atoms with Crippen molar-refractivity contribution in [3.63, 3.8) is 0 Å². The first-order chi connectivity index (χ1) is 63.1. The van der Waals surface area contributed by atoms with Gasteiger partial charge in [0, 0.05) is 99.7 Å². The molecule has 0 aromatic heterocycles. The number of carbonyl (C=O) groups is 16. The van der Waals surface area contributed by atoms with Crippen LogP contribution in [-0.2, 0) is 148 Å². The van der Waals surface area contributed by atoms with Crippen molar-refractivity contribution in [3.05, 3.63) is 227 Å². The number of esters is 10. The van der Waals surface area contributed by atoms with Gasteiger partial charge in [0.15, 0.2) is 34.7 Å². The average Bonchev–Trinajstić information content (AvgIpc) is 0.895. The van der Waals surface area contributed by atoms with Crippen LogP contribution in [0.3, 0.4) is 0 Å². The monoisotopic (exact) mass is 1840 g/mol. The van der Waals surface area contributed by atoms with Crippen molar-refractivity contribution in [1.82, 2.24) is 0 Å². The van der Waals surface area contributed by atoms with E-state index in [9.17, 15) is 76.7 Å². The molecule has 1 rings (SSSR count).